The van der Waals surface area contributed by atoms with Crippen molar-refractivity contribution in [2.45, 2.75) is 63.9 Å². The highest BCUT2D eigenvalue weighted by molar-refractivity contribution is 6.04. The van der Waals surface area contributed by atoms with E-state index in [0.717, 1.165) is 4.90 Å². The van der Waals surface area contributed by atoms with Gasteiger partial charge in [0, 0.05) is 5.41 Å². The van der Waals surface area contributed by atoms with Crippen LogP contribution >= 0.6 is 0 Å². The molecule has 8 nitrogen and oxygen atoms in total. The van der Waals surface area contributed by atoms with E-state index in [0.29, 0.717) is 0 Å². The summed E-state index contributed by atoms with van der Waals surface area (Å²) < 4.78 is 21.0. The molecule has 0 radical (unpaired) electrons. The summed E-state index contributed by atoms with van der Waals surface area (Å²) in [7, 11) is 0. The standard InChI is InChI=1S/C15H23FN2O6/c1-13(2)10-15(16,14(13,3)4)11(22)17-12(23)18(10)9-8(21)7(20)6(5-19)24-9/h6-10,19-21H,5H2,1-4H3,(H,17,22,23)/t6-,7-,8-,9-,10-,15-/m1/s1. The Balaban J connectivity index is 2.03. The van der Waals surface area contributed by atoms with Crippen molar-refractivity contribution in [3.8, 4) is 0 Å². The second-order valence-corrected chi connectivity index (χ2v) is 7.86. The van der Waals surface area contributed by atoms with Crippen LogP contribution in [0.1, 0.15) is 27.7 Å². The van der Waals surface area contributed by atoms with E-state index in [9.17, 15) is 24.9 Å². The number of alkyl halides is 1. The summed E-state index contributed by atoms with van der Waals surface area (Å²) in [6.07, 6.45) is -5.40. The van der Waals surface area contributed by atoms with Gasteiger partial charge in [0.25, 0.3) is 5.91 Å². The van der Waals surface area contributed by atoms with E-state index >= 15 is 4.39 Å². The van der Waals surface area contributed by atoms with Crippen LogP contribution in [0.2, 0.25) is 0 Å². The van der Waals surface area contributed by atoms with E-state index in [2.05, 4.69) is 0 Å². The molecule has 0 spiro atoms. The first-order valence-corrected chi connectivity index (χ1v) is 7.88. The zero-order chi connectivity index (χ0) is 18.2. The van der Waals surface area contributed by atoms with E-state index in [4.69, 9.17) is 4.74 Å². The first-order chi connectivity index (χ1) is 10.9. The predicted octanol–water partition coefficient (Wildman–Crippen LogP) is -0.880. The Hall–Kier alpha value is -1.29. The molecule has 9 heteroatoms. The van der Waals surface area contributed by atoms with Crippen molar-refractivity contribution in [2.24, 2.45) is 10.8 Å². The number of nitrogens with one attached hydrogen (secondary N) is 1. The molecule has 4 N–H and O–H groups in total. The second kappa shape index (κ2) is 4.87. The third-order valence-corrected chi connectivity index (χ3v) is 6.44. The number of carbonyl (C=O) groups excluding carboxylic acids is 2. The summed E-state index contributed by atoms with van der Waals surface area (Å²) in [5.74, 6) is -1.01. The van der Waals surface area contributed by atoms with Crippen LogP contribution in [0.15, 0.2) is 0 Å². The third-order valence-electron chi connectivity index (χ3n) is 6.44. The monoisotopic (exact) mass is 346 g/mol. The first-order valence-electron chi connectivity index (χ1n) is 7.88. The molecule has 6 atom stereocenters. The second-order valence-electron chi connectivity index (χ2n) is 7.86. The minimum atomic E-state index is -2.35. The maximum atomic E-state index is 15.6. The number of aliphatic hydroxyl groups is 3. The van der Waals surface area contributed by atoms with Crippen LogP contribution in [-0.2, 0) is 9.53 Å². The highest BCUT2D eigenvalue weighted by Gasteiger charge is 2.81. The molecule has 0 unspecified atom stereocenters. The average molecular weight is 346 g/mol. The number of nitrogens with zero attached hydrogens (tertiary/aromatic N) is 1. The topological polar surface area (TPSA) is 119 Å². The first kappa shape index (κ1) is 17.5. The van der Waals surface area contributed by atoms with Crippen LogP contribution in [0.5, 0.6) is 0 Å². The lowest BCUT2D eigenvalue weighted by Crippen LogP contribution is -2.88. The van der Waals surface area contributed by atoms with Gasteiger partial charge in [-0.25, -0.2) is 9.18 Å². The highest BCUT2D eigenvalue weighted by atomic mass is 19.1. The van der Waals surface area contributed by atoms with Gasteiger partial charge in [-0.1, -0.05) is 27.7 Å². The van der Waals surface area contributed by atoms with Gasteiger partial charge in [0.2, 0.25) is 5.67 Å². The fourth-order valence-electron chi connectivity index (χ4n) is 4.26. The summed E-state index contributed by atoms with van der Waals surface area (Å²) in [5.41, 5.74) is -4.21. The van der Waals surface area contributed by atoms with Gasteiger partial charge in [0.15, 0.2) is 6.23 Å². The Bertz CT molecular complexity index is 597. The number of hydrogen-bond acceptors (Lipinski definition) is 6. The fourth-order valence-corrected chi connectivity index (χ4v) is 4.26. The van der Waals surface area contributed by atoms with E-state index < -0.39 is 65.6 Å². The molecule has 0 aromatic heterocycles. The molecular weight excluding hydrogens is 323 g/mol. The van der Waals surface area contributed by atoms with Crippen molar-refractivity contribution in [2.75, 3.05) is 6.61 Å². The van der Waals surface area contributed by atoms with Gasteiger partial charge in [0.1, 0.15) is 18.3 Å². The molecule has 2 saturated heterocycles. The summed E-state index contributed by atoms with van der Waals surface area (Å²) in [6.45, 7) is 6.11. The van der Waals surface area contributed by atoms with Gasteiger partial charge in [0.05, 0.1) is 12.6 Å². The molecule has 1 aliphatic carbocycles. The summed E-state index contributed by atoms with van der Waals surface area (Å²) in [5, 5.41) is 31.3. The van der Waals surface area contributed by atoms with Crippen LogP contribution in [0.4, 0.5) is 9.18 Å². The van der Waals surface area contributed by atoms with Gasteiger partial charge in [-0.3, -0.25) is 15.0 Å². The lowest BCUT2D eigenvalue weighted by molar-refractivity contribution is -0.269. The van der Waals surface area contributed by atoms with E-state index in [1.54, 1.807) is 27.7 Å². The lowest BCUT2D eigenvalue weighted by atomic mass is 9.40. The molecule has 0 aromatic rings. The summed E-state index contributed by atoms with van der Waals surface area (Å²) in [6, 6.07) is -2.05. The summed E-state index contributed by atoms with van der Waals surface area (Å²) in [4.78, 5) is 25.5. The average Bonchev–Trinajstić information content (AvgIpc) is 2.77. The molecule has 2 aliphatic heterocycles. The van der Waals surface area contributed by atoms with Crippen LogP contribution in [0.3, 0.4) is 0 Å². The minimum absolute atomic E-state index is 0.566. The Morgan fingerprint density at radius 3 is 2.29 bits per heavy atom. The number of urea groups is 1. The number of carbonyl (C=O) groups is 2. The number of halogens is 1. The largest absolute Gasteiger partial charge is 0.394 e. The van der Waals surface area contributed by atoms with Gasteiger partial charge in [-0.2, -0.15) is 0 Å². The molecule has 3 aliphatic rings. The van der Waals surface area contributed by atoms with Gasteiger partial charge in [-0.15, -0.1) is 0 Å². The van der Waals surface area contributed by atoms with E-state index in [1.807, 2.05) is 5.32 Å². The Kier molecular flexibility index (Phi) is 3.56. The maximum Gasteiger partial charge on any atom is 0.326 e. The van der Waals surface area contributed by atoms with E-state index in [-0.39, 0.29) is 0 Å². The van der Waals surface area contributed by atoms with Crippen molar-refractivity contribution in [1.29, 1.82) is 0 Å². The van der Waals surface area contributed by atoms with E-state index in [1.165, 1.54) is 0 Å². The fraction of sp³-hybridized carbons (Fsp3) is 0.867. The number of fused-ring (bicyclic) bond motifs is 1. The molecule has 3 amide bonds. The number of rotatable bonds is 2. The number of amides is 3. The maximum absolute atomic E-state index is 15.6. The van der Waals surface area contributed by atoms with Crippen LogP contribution < -0.4 is 5.32 Å². The molecule has 3 rings (SSSR count). The zero-order valence-corrected chi connectivity index (χ0v) is 14.0. The molecule has 0 bridgehead atoms. The van der Waals surface area contributed by atoms with Crippen LogP contribution in [0, 0.1) is 10.8 Å². The molecule has 136 valence electrons. The third kappa shape index (κ3) is 1.70. The van der Waals surface area contributed by atoms with Crippen molar-refractivity contribution in [3.05, 3.63) is 0 Å². The molecular formula is C15H23FN2O6. The van der Waals surface area contributed by atoms with Crippen molar-refractivity contribution in [3.63, 3.8) is 0 Å². The molecule has 0 aromatic carbocycles. The summed E-state index contributed by atoms with van der Waals surface area (Å²) >= 11 is 0. The Morgan fingerprint density at radius 1 is 1.21 bits per heavy atom. The number of imide groups is 1. The van der Waals surface area contributed by atoms with Gasteiger partial charge < -0.3 is 20.1 Å². The molecule has 2 heterocycles. The Morgan fingerprint density at radius 2 is 1.79 bits per heavy atom. The van der Waals surface area contributed by atoms with Crippen molar-refractivity contribution in [1.82, 2.24) is 10.2 Å². The Labute approximate surface area is 138 Å². The number of ether oxygens (including phenoxy) is 1. The quantitative estimate of drug-likeness (QED) is 0.516. The molecule has 1 saturated carbocycles. The SMILES string of the molecule is CC1(C)[C@H]2N([C@@H]3O[C@H](CO)[C@@H](O)[C@H]3O)C(=O)NC(=O)[C@@]2(F)C1(C)C. The smallest absolute Gasteiger partial charge is 0.326 e. The molecule has 24 heavy (non-hydrogen) atoms. The zero-order valence-electron chi connectivity index (χ0n) is 14.0. The number of aliphatic hydroxyl groups excluding tert-OH is 3. The van der Waals surface area contributed by atoms with Crippen LogP contribution in [-0.4, -0.2) is 75.0 Å². The lowest BCUT2D eigenvalue weighted by Gasteiger charge is -2.70. The van der Waals surface area contributed by atoms with Crippen molar-refractivity contribution < 1.29 is 34.0 Å². The predicted molar refractivity (Wildman–Crippen MR) is 78.3 cm³/mol. The molecule has 3 fully saturated rings. The van der Waals surface area contributed by atoms with Crippen LogP contribution in [0.25, 0.3) is 0 Å². The highest BCUT2D eigenvalue weighted by Crippen LogP contribution is 2.67. The van der Waals surface area contributed by atoms with Gasteiger partial charge >= 0.3 is 6.03 Å². The number of hydrogen-bond donors (Lipinski definition) is 4. The van der Waals surface area contributed by atoms with Crippen molar-refractivity contribution >= 4 is 11.9 Å². The minimum Gasteiger partial charge on any atom is -0.394 e. The van der Waals surface area contributed by atoms with Gasteiger partial charge in [-0.05, 0) is 5.41 Å². The normalized spacial score (nSPS) is 46.3.